The number of aliphatic hydroxyl groups is 1. The maximum atomic E-state index is 12.2. The van der Waals surface area contributed by atoms with Crippen LogP contribution in [0.2, 0.25) is 0 Å². The molecule has 1 amide bonds. The molecule has 112 valence electrons. The molecular weight excluding hydrogens is 240 g/mol. The van der Waals surface area contributed by atoms with Crippen molar-refractivity contribution in [1.82, 2.24) is 4.90 Å². The van der Waals surface area contributed by atoms with Crippen LogP contribution >= 0.6 is 0 Å². The van der Waals surface area contributed by atoms with Crippen LogP contribution in [-0.4, -0.2) is 41.1 Å². The van der Waals surface area contributed by atoms with Crippen molar-refractivity contribution in [3.8, 4) is 0 Å². The summed E-state index contributed by atoms with van der Waals surface area (Å²) in [7, 11) is 0. The van der Waals surface area contributed by atoms with Gasteiger partial charge in [-0.25, -0.2) is 0 Å². The number of rotatable bonds is 5. The number of nitrogens with zero attached hydrogens (tertiary/aromatic N) is 1. The first-order chi connectivity index (χ1) is 8.76. The average Bonchev–Trinajstić information content (AvgIpc) is 2.47. The zero-order valence-corrected chi connectivity index (χ0v) is 12.7. The molecule has 1 rings (SSSR count). The molecule has 1 aliphatic rings. The van der Waals surface area contributed by atoms with E-state index in [1.807, 2.05) is 11.8 Å². The third kappa shape index (κ3) is 5.91. The Labute approximate surface area is 117 Å². The van der Waals surface area contributed by atoms with E-state index in [1.54, 1.807) is 0 Å². The maximum absolute atomic E-state index is 12.2. The van der Waals surface area contributed by atoms with Crippen molar-refractivity contribution in [2.24, 2.45) is 11.1 Å². The van der Waals surface area contributed by atoms with Gasteiger partial charge in [0, 0.05) is 19.5 Å². The Balaban J connectivity index is 2.41. The van der Waals surface area contributed by atoms with Gasteiger partial charge in [0.25, 0.3) is 0 Å². The second kappa shape index (κ2) is 6.71. The van der Waals surface area contributed by atoms with Crippen LogP contribution in [-0.2, 0) is 4.79 Å². The summed E-state index contributed by atoms with van der Waals surface area (Å²) in [5.41, 5.74) is 5.13. The lowest BCUT2D eigenvalue weighted by Crippen LogP contribution is -2.34. The van der Waals surface area contributed by atoms with Gasteiger partial charge in [0.05, 0.1) is 5.60 Å². The van der Waals surface area contributed by atoms with Gasteiger partial charge >= 0.3 is 0 Å². The first kappa shape index (κ1) is 16.4. The molecule has 0 aromatic heterocycles. The van der Waals surface area contributed by atoms with Gasteiger partial charge in [-0.05, 0) is 51.0 Å². The van der Waals surface area contributed by atoms with Gasteiger partial charge in [0.15, 0.2) is 0 Å². The number of nitrogens with two attached hydrogens (primary N) is 1. The normalized spacial score (nSPS) is 25.2. The highest BCUT2D eigenvalue weighted by molar-refractivity contribution is 5.76. The van der Waals surface area contributed by atoms with Crippen molar-refractivity contribution in [3.05, 3.63) is 0 Å². The molecular formula is C15H30N2O2. The molecule has 1 fully saturated rings. The molecule has 19 heavy (non-hydrogen) atoms. The molecule has 0 bridgehead atoms. The van der Waals surface area contributed by atoms with Gasteiger partial charge in [-0.2, -0.15) is 0 Å². The van der Waals surface area contributed by atoms with Crippen molar-refractivity contribution in [1.29, 1.82) is 0 Å². The number of likely N-dealkylation sites (tertiary alicyclic amines) is 1. The molecule has 0 aromatic rings. The zero-order valence-electron chi connectivity index (χ0n) is 12.7. The lowest BCUT2D eigenvalue weighted by Gasteiger charge is -2.26. The number of hydrogen-bond acceptors (Lipinski definition) is 3. The molecule has 0 aromatic carbocycles. The van der Waals surface area contributed by atoms with Crippen LogP contribution in [0.1, 0.15) is 59.3 Å². The first-order valence-electron chi connectivity index (χ1n) is 7.46. The van der Waals surface area contributed by atoms with Gasteiger partial charge in [-0.1, -0.05) is 13.8 Å². The fourth-order valence-corrected chi connectivity index (χ4v) is 2.63. The van der Waals surface area contributed by atoms with E-state index in [4.69, 9.17) is 5.73 Å². The minimum atomic E-state index is -0.603. The number of hydrogen-bond donors (Lipinski definition) is 2. The highest BCUT2D eigenvalue weighted by atomic mass is 16.3. The van der Waals surface area contributed by atoms with Gasteiger partial charge in [-0.3, -0.25) is 4.79 Å². The minimum absolute atomic E-state index is 0.141. The Bertz CT molecular complexity index is 301. The van der Waals surface area contributed by atoms with Crippen LogP contribution in [0.3, 0.4) is 0 Å². The van der Waals surface area contributed by atoms with Crippen molar-refractivity contribution < 1.29 is 9.90 Å². The van der Waals surface area contributed by atoms with E-state index in [0.29, 0.717) is 25.9 Å². The van der Waals surface area contributed by atoms with Gasteiger partial charge in [0.1, 0.15) is 0 Å². The number of carbonyl (C=O) groups is 1. The predicted octanol–water partition coefficient (Wildman–Crippen LogP) is 1.91. The van der Waals surface area contributed by atoms with E-state index in [1.165, 1.54) is 0 Å². The van der Waals surface area contributed by atoms with Gasteiger partial charge in [0.2, 0.25) is 5.91 Å². The Kier molecular flexibility index (Phi) is 5.81. The highest BCUT2D eigenvalue weighted by Gasteiger charge is 2.27. The smallest absolute Gasteiger partial charge is 0.222 e. The van der Waals surface area contributed by atoms with E-state index in [2.05, 4.69) is 13.8 Å². The molecule has 1 unspecified atom stereocenters. The molecule has 3 N–H and O–H groups in total. The summed E-state index contributed by atoms with van der Waals surface area (Å²) in [4.78, 5) is 14.1. The van der Waals surface area contributed by atoms with Crippen molar-refractivity contribution in [2.45, 2.75) is 64.9 Å². The van der Waals surface area contributed by atoms with Crippen LogP contribution in [0, 0.1) is 5.41 Å². The molecule has 1 saturated heterocycles. The SMILES string of the molecule is CC(C)(CCN)CCC(=O)N1CCCC(C)(O)CC1. The summed E-state index contributed by atoms with van der Waals surface area (Å²) in [6.07, 6.45) is 4.80. The monoisotopic (exact) mass is 270 g/mol. The Morgan fingerprint density at radius 3 is 2.63 bits per heavy atom. The summed E-state index contributed by atoms with van der Waals surface area (Å²) in [6.45, 7) is 8.34. The lowest BCUT2D eigenvalue weighted by molar-refractivity contribution is -0.131. The van der Waals surface area contributed by atoms with Crippen LogP contribution in [0.4, 0.5) is 0 Å². The summed E-state index contributed by atoms with van der Waals surface area (Å²) in [5.74, 6) is 0.225. The van der Waals surface area contributed by atoms with Gasteiger partial charge < -0.3 is 15.7 Å². The van der Waals surface area contributed by atoms with Crippen LogP contribution in [0.25, 0.3) is 0 Å². The summed E-state index contributed by atoms with van der Waals surface area (Å²) in [5, 5.41) is 10.0. The van der Waals surface area contributed by atoms with E-state index in [9.17, 15) is 9.90 Å². The standard InChI is InChI=1S/C15H30N2O2/c1-14(2,8-10-16)7-5-13(18)17-11-4-6-15(3,19)9-12-17/h19H,4-12,16H2,1-3H3. The Morgan fingerprint density at radius 1 is 1.32 bits per heavy atom. The molecule has 1 heterocycles. The second-order valence-electron chi connectivity index (χ2n) is 6.93. The topological polar surface area (TPSA) is 66.6 Å². The van der Waals surface area contributed by atoms with Crippen LogP contribution in [0.15, 0.2) is 0 Å². The predicted molar refractivity (Wildman–Crippen MR) is 77.7 cm³/mol. The maximum Gasteiger partial charge on any atom is 0.222 e. The van der Waals surface area contributed by atoms with Crippen molar-refractivity contribution >= 4 is 5.91 Å². The van der Waals surface area contributed by atoms with Crippen LogP contribution in [0.5, 0.6) is 0 Å². The fourth-order valence-electron chi connectivity index (χ4n) is 2.63. The summed E-state index contributed by atoms with van der Waals surface area (Å²) < 4.78 is 0. The zero-order chi connectivity index (χ0) is 14.5. The van der Waals surface area contributed by atoms with Crippen LogP contribution < -0.4 is 5.73 Å². The van der Waals surface area contributed by atoms with E-state index in [-0.39, 0.29) is 11.3 Å². The Hall–Kier alpha value is -0.610. The first-order valence-corrected chi connectivity index (χ1v) is 7.46. The minimum Gasteiger partial charge on any atom is -0.390 e. The molecule has 0 saturated carbocycles. The lowest BCUT2D eigenvalue weighted by atomic mass is 9.84. The molecule has 1 aliphatic heterocycles. The second-order valence-corrected chi connectivity index (χ2v) is 6.93. The quantitative estimate of drug-likeness (QED) is 0.802. The largest absolute Gasteiger partial charge is 0.390 e. The van der Waals surface area contributed by atoms with Gasteiger partial charge in [-0.15, -0.1) is 0 Å². The van der Waals surface area contributed by atoms with Crippen molar-refractivity contribution in [3.63, 3.8) is 0 Å². The van der Waals surface area contributed by atoms with E-state index < -0.39 is 5.60 Å². The highest BCUT2D eigenvalue weighted by Crippen LogP contribution is 2.27. The van der Waals surface area contributed by atoms with Crippen molar-refractivity contribution in [2.75, 3.05) is 19.6 Å². The third-order valence-corrected chi connectivity index (χ3v) is 4.25. The molecule has 1 atom stereocenters. The molecule has 0 spiro atoms. The fraction of sp³-hybridized carbons (Fsp3) is 0.933. The van der Waals surface area contributed by atoms with E-state index in [0.717, 1.165) is 32.2 Å². The molecule has 0 aliphatic carbocycles. The molecule has 4 nitrogen and oxygen atoms in total. The Morgan fingerprint density at radius 2 is 2.00 bits per heavy atom. The van der Waals surface area contributed by atoms with E-state index >= 15 is 0 Å². The average molecular weight is 270 g/mol. The summed E-state index contributed by atoms with van der Waals surface area (Å²) in [6, 6.07) is 0. The number of amides is 1. The number of carbonyl (C=O) groups excluding carboxylic acids is 1. The third-order valence-electron chi connectivity index (χ3n) is 4.25. The molecule has 0 radical (unpaired) electrons. The molecule has 4 heteroatoms. The summed E-state index contributed by atoms with van der Waals surface area (Å²) >= 11 is 0.